The standard InChI is InChI=1S/C19H20F2N4O2/c20-14-6-7-17(16(21)12-14)23-19(27)25-10-8-24(9-11-25)13-18(26)22-15-4-2-1-3-5-15/h1-7,12H,8-11,13H2,(H,22,26)(H,23,27). The Labute approximate surface area is 155 Å². The third kappa shape index (κ3) is 5.24. The second kappa shape index (κ2) is 8.59. The average Bonchev–Trinajstić information content (AvgIpc) is 2.65. The van der Waals surface area contributed by atoms with Crippen LogP contribution >= 0.6 is 0 Å². The van der Waals surface area contributed by atoms with Crippen LogP contribution in [0.4, 0.5) is 25.0 Å². The van der Waals surface area contributed by atoms with Crippen LogP contribution < -0.4 is 10.6 Å². The molecule has 1 fully saturated rings. The SMILES string of the molecule is O=C(CN1CCN(C(=O)Nc2ccc(F)cc2F)CC1)Nc1ccccc1. The first-order valence-electron chi connectivity index (χ1n) is 8.59. The van der Waals surface area contributed by atoms with E-state index in [9.17, 15) is 18.4 Å². The lowest BCUT2D eigenvalue weighted by atomic mass is 10.3. The summed E-state index contributed by atoms with van der Waals surface area (Å²) in [6.45, 7) is 2.11. The highest BCUT2D eigenvalue weighted by atomic mass is 19.1. The Hall–Kier alpha value is -3.00. The molecule has 0 unspecified atom stereocenters. The van der Waals surface area contributed by atoms with Crippen molar-refractivity contribution in [3.63, 3.8) is 0 Å². The third-order valence-corrected chi connectivity index (χ3v) is 4.26. The minimum atomic E-state index is -0.820. The Bertz CT molecular complexity index is 809. The summed E-state index contributed by atoms with van der Waals surface area (Å²) in [6, 6.07) is 11.7. The zero-order chi connectivity index (χ0) is 19.2. The molecule has 8 heteroatoms. The molecule has 0 aromatic heterocycles. The summed E-state index contributed by atoms with van der Waals surface area (Å²) >= 11 is 0. The summed E-state index contributed by atoms with van der Waals surface area (Å²) in [5.74, 6) is -1.64. The van der Waals surface area contributed by atoms with Crippen LogP contribution in [0.2, 0.25) is 0 Å². The Morgan fingerprint density at radius 1 is 0.926 bits per heavy atom. The zero-order valence-corrected chi connectivity index (χ0v) is 14.6. The molecule has 2 aromatic rings. The second-order valence-corrected chi connectivity index (χ2v) is 6.23. The number of anilines is 2. The monoisotopic (exact) mass is 374 g/mol. The molecular weight excluding hydrogens is 354 g/mol. The Kier molecular flexibility index (Phi) is 5.97. The number of carbonyl (C=O) groups is 2. The van der Waals surface area contributed by atoms with E-state index >= 15 is 0 Å². The van der Waals surface area contributed by atoms with Crippen LogP contribution in [-0.4, -0.2) is 54.5 Å². The molecule has 3 rings (SSSR count). The fourth-order valence-corrected chi connectivity index (χ4v) is 2.82. The number of carbonyl (C=O) groups excluding carboxylic acids is 2. The molecule has 142 valence electrons. The number of amides is 3. The molecule has 2 N–H and O–H groups in total. The normalized spacial score (nSPS) is 14.7. The lowest BCUT2D eigenvalue weighted by Gasteiger charge is -2.34. The average molecular weight is 374 g/mol. The van der Waals surface area contributed by atoms with Gasteiger partial charge in [0.05, 0.1) is 12.2 Å². The molecule has 1 heterocycles. The van der Waals surface area contributed by atoms with Crippen LogP contribution in [0.1, 0.15) is 0 Å². The first-order valence-corrected chi connectivity index (χ1v) is 8.59. The van der Waals surface area contributed by atoms with Gasteiger partial charge in [-0.05, 0) is 24.3 Å². The van der Waals surface area contributed by atoms with Crippen molar-refractivity contribution in [1.82, 2.24) is 9.80 Å². The quantitative estimate of drug-likeness (QED) is 0.865. The number of hydrogen-bond donors (Lipinski definition) is 2. The third-order valence-electron chi connectivity index (χ3n) is 4.26. The number of nitrogens with one attached hydrogen (secondary N) is 2. The predicted molar refractivity (Wildman–Crippen MR) is 98.5 cm³/mol. The van der Waals surface area contributed by atoms with Crippen LogP contribution in [0, 0.1) is 11.6 Å². The number of nitrogens with zero attached hydrogens (tertiary/aromatic N) is 2. The Balaban J connectivity index is 1.45. The zero-order valence-electron chi connectivity index (χ0n) is 14.6. The van der Waals surface area contributed by atoms with E-state index in [-0.39, 0.29) is 18.1 Å². The molecule has 0 radical (unpaired) electrons. The van der Waals surface area contributed by atoms with Gasteiger partial charge in [-0.3, -0.25) is 9.69 Å². The smallest absolute Gasteiger partial charge is 0.322 e. The Morgan fingerprint density at radius 3 is 2.30 bits per heavy atom. The van der Waals surface area contributed by atoms with Gasteiger partial charge < -0.3 is 15.5 Å². The summed E-state index contributed by atoms with van der Waals surface area (Å²) in [5.41, 5.74) is 0.674. The number of halogens is 2. The minimum Gasteiger partial charge on any atom is -0.325 e. The molecule has 3 amide bonds. The van der Waals surface area contributed by atoms with Crippen LogP contribution in [0.25, 0.3) is 0 Å². The molecule has 1 aliphatic rings. The first kappa shape index (κ1) is 18.8. The Morgan fingerprint density at radius 2 is 1.63 bits per heavy atom. The van der Waals surface area contributed by atoms with E-state index in [4.69, 9.17) is 0 Å². The summed E-state index contributed by atoms with van der Waals surface area (Å²) in [7, 11) is 0. The van der Waals surface area contributed by atoms with E-state index in [0.717, 1.165) is 17.8 Å². The van der Waals surface area contributed by atoms with Gasteiger partial charge >= 0.3 is 6.03 Å². The maximum atomic E-state index is 13.6. The largest absolute Gasteiger partial charge is 0.325 e. The van der Waals surface area contributed by atoms with Gasteiger partial charge in [0.2, 0.25) is 5.91 Å². The van der Waals surface area contributed by atoms with Crippen molar-refractivity contribution in [2.75, 3.05) is 43.4 Å². The predicted octanol–water partition coefficient (Wildman–Crippen LogP) is 2.75. The van der Waals surface area contributed by atoms with Crippen LogP contribution in [-0.2, 0) is 4.79 Å². The van der Waals surface area contributed by atoms with Gasteiger partial charge in [0.1, 0.15) is 11.6 Å². The van der Waals surface area contributed by atoms with Crippen molar-refractivity contribution in [3.8, 4) is 0 Å². The molecule has 1 aliphatic heterocycles. The molecule has 0 aliphatic carbocycles. The van der Waals surface area contributed by atoms with Gasteiger partial charge in [0, 0.05) is 37.9 Å². The minimum absolute atomic E-state index is 0.0638. The topological polar surface area (TPSA) is 64.7 Å². The maximum absolute atomic E-state index is 13.6. The van der Waals surface area contributed by atoms with Crippen molar-refractivity contribution in [2.24, 2.45) is 0 Å². The number of para-hydroxylation sites is 1. The van der Waals surface area contributed by atoms with Gasteiger partial charge in [-0.2, -0.15) is 0 Å². The molecule has 0 spiro atoms. The van der Waals surface area contributed by atoms with E-state index in [1.165, 1.54) is 11.0 Å². The van der Waals surface area contributed by atoms with Gasteiger partial charge in [-0.25, -0.2) is 13.6 Å². The lowest BCUT2D eigenvalue weighted by molar-refractivity contribution is -0.117. The van der Waals surface area contributed by atoms with E-state index in [1.807, 2.05) is 35.2 Å². The number of hydrogen-bond acceptors (Lipinski definition) is 3. The highest BCUT2D eigenvalue weighted by Crippen LogP contribution is 2.16. The molecule has 27 heavy (non-hydrogen) atoms. The van der Waals surface area contributed by atoms with Gasteiger partial charge in [-0.1, -0.05) is 18.2 Å². The van der Waals surface area contributed by atoms with Gasteiger partial charge in [0.25, 0.3) is 0 Å². The van der Waals surface area contributed by atoms with Gasteiger partial charge in [-0.15, -0.1) is 0 Å². The molecule has 0 bridgehead atoms. The number of rotatable bonds is 4. The van der Waals surface area contributed by atoms with Crippen LogP contribution in [0.3, 0.4) is 0 Å². The van der Waals surface area contributed by atoms with Crippen molar-refractivity contribution in [1.29, 1.82) is 0 Å². The maximum Gasteiger partial charge on any atom is 0.322 e. The van der Waals surface area contributed by atoms with Crippen molar-refractivity contribution in [2.45, 2.75) is 0 Å². The molecule has 2 aromatic carbocycles. The van der Waals surface area contributed by atoms with E-state index < -0.39 is 17.7 Å². The van der Waals surface area contributed by atoms with E-state index in [1.54, 1.807) is 0 Å². The number of piperazine rings is 1. The number of benzene rings is 2. The summed E-state index contributed by atoms with van der Waals surface area (Å²) in [4.78, 5) is 27.8. The molecule has 6 nitrogen and oxygen atoms in total. The molecular formula is C19H20F2N4O2. The van der Waals surface area contributed by atoms with Crippen LogP contribution in [0.5, 0.6) is 0 Å². The van der Waals surface area contributed by atoms with Crippen molar-refractivity contribution in [3.05, 3.63) is 60.2 Å². The fourth-order valence-electron chi connectivity index (χ4n) is 2.82. The number of urea groups is 1. The van der Waals surface area contributed by atoms with E-state index in [0.29, 0.717) is 26.2 Å². The molecule has 1 saturated heterocycles. The van der Waals surface area contributed by atoms with Crippen LogP contribution in [0.15, 0.2) is 48.5 Å². The van der Waals surface area contributed by atoms with E-state index in [2.05, 4.69) is 10.6 Å². The highest BCUT2D eigenvalue weighted by molar-refractivity contribution is 5.92. The molecule has 0 saturated carbocycles. The second-order valence-electron chi connectivity index (χ2n) is 6.23. The lowest BCUT2D eigenvalue weighted by Crippen LogP contribution is -2.51. The fraction of sp³-hybridized carbons (Fsp3) is 0.263. The van der Waals surface area contributed by atoms with Gasteiger partial charge in [0.15, 0.2) is 0 Å². The summed E-state index contributed by atoms with van der Waals surface area (Å²) in [6.07, 6.45) is 0. The molecule has 0 atom stereocenters. The summed E-state index contributed by atoms with van der Waals surface area (Å²) < 4.78 is 26.6. The summed E-state index contributed by atoms with van der Waals surface area (Å²) in [5, 5.41) is 5.26. The highest BCUT2D eigenvalue weighted by Gasteiger charge is 2.23. The first-order chi connectivity index (χ1) is 13.0. The van der Waals surface area contributed by atoms with Crippen molar-refractivity contribution < 1.29 is 18.4 Å². The van der Waals surface area contributed by atoms with Crippen molar-refractivity contribution >= 4 is 23.3 Å².